The van der Waals surface area contributed by atoms with E-state index in [9.17, 15) is 18.8 Å². The third-order valence-electron chi connectivity index (χ3n) is 8.72. The molecule has 2 aliphatic heterocycles. The molecule has 1 aliphatic carbocycles. The number of nitrogens with zero attached hydrogens (tertiary/aromatic N) is 1. The lowest BCUT2D eigenvalue weighted by Crippen LogP contribution is -2.48. The van der Waals surface area contributed by atoms with Crippen LogP contribution in [0.2, 0.25) is 5.02 Å². The molecule has 7 heteroatoms. The fourth-order valence-corrected chi connectivity index (χ4v) is 7.23. The van der Waals surface area contributed by atoms with Gasteiger partial charge in [0.2, 0.25) is 0 Å². The first-order valence-corrected chi connectivity index (χ1v) is 14.2. The smallest absolute Gasteiger partial charge is 0.185 e. The summed E-state index contributed by atoms with van der Waals surface area (Å²) in [5.74, 6) is -1.82. The lowest BCUT2D eigenvalue weighted by molar-refractivity contribution is 0.0664. The van der Waals surface area contributed by atoms with Crippen molar-refractivity contribution in [1.82, 2.24) is 0 Å². The van der Waals surface area contributed by atoms with Gasteiger partial charge >= 0.3 is 0 Å². The van der Waals surface area contributed by atoms with Crippen molar-refractivity contribution in [3.63, 3.8) is 0 Å². The van der Waals surface area contributed by atoms with E-state index in [1.165, 1.54) is 12.1 Å². The van der Waals surface area contributed by atoms with Gasteiger partial charge in [0.1, 0.15) is 23.0 Å². The highest BCUT2D eigenvalue weighted by Gasteiger charge is 2.71. The molecule has 0 saturated carbocycles. The van der Waals surface area contributed by atoms with Gasteiger partial charge in [-0.3, -0.25) is 14.4 Å². The van der Waals surface area contributed by atoms with Gasteiger partial charge < -0.3 is 9.64 Å². The van der Waals surface area contributed by atoms with Crippen LogP contribution >= 0.6 is 11.6 Å². The molecule has 0 aromatic heterocycles. The van der Waals surface area contributed by atoms with Crippen molar-refractivity contribution in [3.8, 4) is 5.75 Å². The highest BCUT2D eigenvalue weighted by atomic mass is 35.5. The zero-order valence-corrected chi connectivity index (χ0v) is 23.3. The van der Waals surface area contributed by atoms with Crippen molar-refractivity contribution in [2.45, 2.75) is 24.9 Å². The molecule has 208 valence electrons. The van der Waals surface area contributed by atoms with Crippen molar-refractivity contribution in [2.24, 2.45) is 5.41 Å². The van der Waals surface area contributed by atoms with E-state index in [4.69, 9.17) is 16.3 Å². The van der Waals surface area contributed by atoms with Crippen molar-refractivity contribution >= 4 is 40.7 Å². The molecule has 1 spiro atoms. The number of para-hydroxylation sites is 1. The molecule has 0 unspecified atom stereocenters. The number of hydrogen-bond acceptors (Lipinski definition) is 5. The average Bonchev–Trinajstić information content (AvgIpc) is 3.43. The van der Waals surface area contributed by atoms with Crippen LogP contribution in [-0.2, 0) is 0 Å². The maximum absolute atomic E-state index is 14.7. The molecule has 0 radical (unpaired) electrons. The number of benzene rings is 4. The Labute approximate surface area is 247 Å². The number of Topliss-reactive ketones (excluding diaryl/α,β-unsaturated/α-hetero) is 3. The minimum absolute atomic E-state index is 0.285. The van der Waals surface area contributed by atoms with Crippen molar-refractivity contribution in [3.05, 3.63) is 136 Å². The zero-order valence-electron chi connectivity index (χ0n) is 22.6. The van der Waals surface area contributed by atoms with Gasteiger partial charge in [-0.25, -0.2) is 4.39 Å². The van der Waals surface area contributed by atoms with Crippen molar-refractivity contribution in [2.75, 3.05) is 11.5 Å². The van der Waals surface area contributed by atoms with E-state index in [-0.39, 0.29) is 17.3 Å². The van der Waals surface area contributed by atoms with Crippen LogP contribution in [0.1, 0.15) is 55.0 Å². The molecular formula is C35H25ClFNO4. The fourth-order valence-electron chi connectivity index (χ4n) is 7.10. The van der Waals surface area contributed by atoms with Crippen LogP contribution in [0.25, 0.3) is 6.08 Å². The first-order valence-electron chi connectivity index (χ1n) is 13.8. The molecule has 5 nitrogen and oxygen atoms in total. The molecule has 1 saturated heterocycles. The Bertz CT molecular complexity index is 1780. The van der Waals surface area contributed by atoms with E-state index in [1.54, 1.807) is 72.8 Å². The summed E-state index contributed by atoms with van der Waals surface area (Å²) in [7, 11) is 0. The van der Waals surface area contributed by atoms with Crippen molar-refractivity contribution < 1.29 is 23.5 Å². The van der Waals surface area contributed by atoms with E-state index < -0.39 is 29.2 Å². The Morgan fingerprint density at radius 2 is 1.60 bits per heavy atom. The van der Waals surface area contributed by atoms with Crippen LogP contribution in [0, 0.1) is 11.2 Å². The Balaban J connectivity index is 1.56. The topological polar surface area (TPSA) is 63.7 Å². The fraction of sp³-hybridized carbons (Fsp3) is 0.171. The molecule has 0 bridgehead atoms. The summed E-state index contributed by atoms with van der Waals surface area (Å²) in [6, 6.07) is 23.2. The summed E-state index contributed by atoms with van der Waals surface area (Å²) in [5.41, 5.74) is 1.10. The number of carbonyl (C=O) groups is 3. The van der Waals surface area contributed by atoms with Gasteiger partial charge in [0.15, 0.2) is 17.3 Å². The van der Waals surface area contributed by atoms with Gasteiger partial charge in [0.05, 0.1) is 12.6 Å². The SMILES string of the molecule is CCOc1ccccc1[C@@H]1[C@H](C(=O)c2ccc(Cl)cc2)N2c3ccc(F)cc3C=C[C@H]2C12C(=O)c1ccccc1C2=O. The van der Waals surface area contributed by atoms with E-state index in [2.05, 4.69) is 0 Å². The van der Waals surface area contributed by atoms with Gasteiger partial charge in [-0.15, -0.1) is 0 Å². The second kappa shape index (κ2) is 9.78. The summed E-state index contributed by atoms with van der Waals surface area (Å²) >= 11 is 6.16. The van der Waals surface area contributed by atoms with Crippen LogP contribution in [0.15, 0.2) is 97.1 Å². The minimum Gasteiger partial charge on any atom is -0.494 e. The quantitative estimate of drug-likeness (QED) is 0.185. The Morgan fingerprint density at radius 3 is 2.29 bits per heavy atom. The first kappa shape index (κ1) is 26.4. The lowest BCUT2D eigenvalue weighted by Gasteiger charge is -2.37. The van der Waals surface area contributed by atoms with Gasteiger partial charge in [0.25, 0.3) is 0 Å². The second-order valence-electron chi connectivity index (χ2n) is 10.8. The zero-order chi connectivity index (χ0) is 29.2. The maximum Gasteiger partial charge on any atom is 0.185 e. The molecule has 1 fully saturated rings. The largest absolute Gasteiger partial charge is 0.494 e. The maximum atomic E-state index is 14.7. The highest BCUT2D eigenvalue weighted by Crippen LogP contribution is 2.62. The highest BCUT2D eigenvalue weighted by molar-refractivity contribution is 6.32. The third-order valence-corrected chi connectivity index (χ3v) is 8.97. The number of ketones is 3. The standard InChI is InChI=1S/C35H25ClFNO4/c1-2-42-28-10-6-5-9-26(28)30-31(32(39)20-11-14-22(36)15-12-20)38-27-17-16-23(37)19-21(27)13-18-29(38)35(30)33(40)24-7-3-4-8-25(24)34(35)41/h3-19,29-31H,2H2,1H3/t29-,30+,31+/m0/s1. The number of hydrogen-bond donors (Lipinski definition) is 0. The van der Waals surface area contributed by atoms with Crippen LogP contribution in [0.4, 0.5) is 10.1 Å². The van der Waals surface area contributed by atoms with Crippen LogP contribution < -0.4 is 9.64 Å². The van der Waals surface area contributed by atoms with Crippen LogP contribution in [0.5, 0.6) is 5.75 Å². The van der Waals surface area contributed by atoms with E-state index in [0.29, 0.717) is 50.9 Å². The normalized spacial score (nSPS) is 21.3. The monoisotopic (exact) mass is 577 g/mol. The number of ether oxygens (including phenoxy) is 1. The summed E-state index contributed by atoms with van der Waals surface area (Å²) in [6.07, 6.45) is 3.51. The van der Waals surface area contributed by atoms with Gasteiger partial charge in [0, 0.05) is 44.4 Å². The Morgan fingerprint density at radius 1 is 0.929 bits per heavy atom. The Hall–Kier alpha value is -4.55. The number of rotatable bonds is 5. The summed E-state index contributed by atoms with van der Waals surface area (Å²) in [6.45, 7) is 2.21. The molecular weight excluding hydrogens is 553 g/mol. The number of fused-ring (bicyclic) bond motifs is 5. The van der Waals surface area contributed by atoms with Crippen LogP contribution in [0.3, 0.4) is 0 Å². The van der Waals surface area contributed by atoms with Gasteiger partial charge in [-0.1, -0.05) is 66.2 Å². The third kappa shape index (κ3) is 3.58. The minimum atomic E-state index is -1.67. The predicted molar refractivity (Wildman–Crippen MR) is 159 cm³/mol. The number of carbonyl (C=O) groups excluding carboxylic acids is 3. The van der Waals surface area contributed by atoms with Gasteiger partial charge in [-0.05, 0) is 55.5 Å². The van der Waals surface area contributed by atoms with E-state index >= 15 is 0 Å². The molecule has 3 aliphatic rings. The molecule has 4 aromatic carbocycles. The lowest BCUT2D eigenvalue weighted by atomic mass is 9.64. The van der Waals surface area contributed by atoms with Crippen molar-refractivity contribution in [1.29, 1.82) is 0 Å². The number of anilines is 1. The molecule has 42 heavy (non-hydrogen) atoms. The molecule has 4 aromatic rings. The Kier molecular flexibility index (Phi) is 6.13. The van der Waals surface area contributed by atoms with E-state index in [0.717, 1.165) is 0 Å². The predicted octanol–water partition coefficient (Wildman–Crippen LogP) is 7.19. The molecule has 2 heterocycles. The first-order chi connectivity index (χ1) is 20.4. The van der Waals surface area contributed by atoms with Crippen LogP contribution in [-0.4, -0.2) is 36.0 Å². The van der Waals surface area contributed by atoms with Gasteiger partial charge in [-0.2, -0.15) is 0 Å². The summed E-state index contributed by atoms with van der Waals surface area (Å²) < 4.78 is 20.5. The number of halogens is 2. The summed E-state index contributed by atoms with van der Waals surface area (Å²) in [4.78, 5) is 46.1. The molecule has 7 rings (SSSR count). The van der Waals surface area contributed by atoms with E-state index in [1.807, 2.05) is 30.0 Å². The molecule has 0 N–H and O–H groups in total. The average molecular weight is 578 g/mol. The summed E-state index contributed by atoms with van der Waals surface area (Å²) in [5, 5.41) is 0.476. The molecule has 3 atom stereocenters. The second-order valence-corrected chi connectivity index (χ2v) is 11.2. The molecule has 0 amide bonds.